The van der Waals surface area contributed by atoms with Gasteiger partial charge in [0.05, 0.1) is 11.7 Å². The third kappa shape index (κ3) is 1.05. The molecule has 0 saturated carbocycles. The molecule has 60 valence electrons. The molecule has 2 N–H and O–H groups in total. The van der Waals surface area contributed by atoms with Gasteiger partial charge in [0.15, 0.2) is 0 Å². The molecule has 2 rings (SSSR count). The zero-order valence-corrected chi connectivity index (χ0v) is 6.72. The maximum absolute atomic E-state index is 4.22. The Bertz CT molecular complexity index is 241. The summed E-state index contributed by atoms with van der Waals surface area (Å²) in [5.74, 6) is 0. The Labute approximate surface area is 66.2 Å². The number of hydrogen-bond donors (Lipinski definition) is 2. The van der Waals surface area contributed by atoms with Gasteiger partial charge in [0, 0.05) is 6.20 Å². The maximum atomic E-state index is 4.22. The first kappa shape index (κ1) is 6.85. The molecule has 0 bridgehead atoms. The van der Waals surface area contributed by atoms with Gasteiger partial charge >= 0.3 is 0 Å². The van der Waals surface area contributed by atoms with Crippen LogP contribution in [0.2, 0.25) is 0 Å². The number of aromatic amines is 1. The minimum absolute atomic E-state index is 0.477. The van der Waals surface area contributed by atoms with Gasteiger partial charge in [-0.15, -0.1) is 0 Å². The molecule has 0 aliphatic heterocycles. The highest BCUT2D eigenvalue weighted by Gasteiger charge is 2.20. The lowest BCUT2D eigenvalue weighted by atomic mass is 9.94. The number of hydrogen-bond acceptors (Lipinski definition) is 2. The molecule has 0 amide bonds. The van der Waals surface area contributed by atoms with E-state index in [9.17, 15) is 0 Å². The minimum Gasteiger partial charge on any atom is -0.312 e. The SMILES string of the molecule is CNC1CCCc2c[nH]nc21. The highest BCUT2D eigenvalue weighted by molar-refractivity contribution is 5.22. The zero-order valence-electron chi connectivity index (χ0n) is 6.72. The molecule has 11 heavy (non-hydrogen) atoms. The van der Waals surface area contributed by atoms with Crippen LogP contribution in [-0.4, -0.2) is 17.2 Å². The second kappa shape index (κ2) is 2.66. The third-order valence-corrected chi connectivity index (χ3v) is 2.37. The summed E-state index contributed by atoms with van der Waals surface area (Å²) in [6.07, 6.45) is 5.69. The first-order chi connectivity index (χ1) is 5.42. The summed E-state index contributed by atoms with van der Waals surface area (Å²) < 4.78 is 0. The predicted octanol–water partition coefficient (Wildman–Crippen LogP) is 1.01. The van der Waals surface area contributed by atoms with Crippen molar-refractivity contribution in [2.24, 2.45) is 0 Å². The average molecular weight is 151 g/mol. The van der Waals surface area contributed by atoms with Gasteiger partial charge in [0.25, 0.3) is 0 Å². The van der Waals surface area contributed by atoms with Crippen molar-refractivity contribution < 1.29 is 0 Å². The van der Waals surface area contributed by atoms with Crippen molar-refractivity contribution in [3.05, 3.63) is 17.5 Å². The van der Waals surface area contributed by atoms with Crippen LogP contribution in [0.3, 0.4) is 0 Å². The molecule has 1 aliphatic carbocycles. The first-order valence-corrected chi connectivity index (χ1v) is 4.11. The Kier molecular flexibility index (Phi) is 1.66. The standard InChI is InChI=1S/C8H13N3/c1-9-7-4-2-3-6-5-10-11-8(6)7/h5,7,9H,2-4H2,1H3,(H,10,11). The predicted molar refractivity (Wildman–Crippen MR) is 43.3 cm³/mol. The highest BCUT2D eigenvalue weighted by Crippen LogP contribution is 2.26. The van der Waals surface area contributed by atoms with E-state index < -0.39 is 0 Å². The van der Waals surface area contributed by atoms with E-state index in [1.807, 2.05) is 13.2 Å². The van der Waals surface area contributed by atoms with Crippen LogP contribution < -0.4 is 5.32 Å². The van der Waals surface area contributed by atoms with E-state index in [1.165, 1.54) is 30.5 Å². The average Bonchev–Trinajstić information content (AvgIpc) is 2.50. The molecule has 0 radical (unpaired) electrons. The minimum atomic E-state index is 0.477. The molecule has 3 heteroatoms. The maximum Gasteiger partial charge on any atom is 0.0823 e. The lowest BCUT2D eigenvalue weighted by Crippen LogP contribution is -2.21. The van der Waals surface area contributed by atoms with Crippen LogP contribution in [0.25, 0.3) is 0 Å². The molecule has 1 unspecified atom stereocenters. The lowest BCUT2D eigenvalue weighted by molar-refractivity contribution is 0.486. The number of H-pyrrole nitrogens is 1. The number of nitrogens with one attached hydrogen (secondary N) is 2. The fourth-order valence-corrected chi connectivity index (χ4v) is 1.74. The lowest BCUT2D eigenvalue weighted by Gasteiger charge is -2.19. The van der Waals surface area contributed by atoms with Gasteiger partial charge < -0.3 is 5.32 Å². The van der Waals surface area contributed by atoms with Crippen LogP contribution in [0.4, 0.5) is 0 Å². The van der Waals surface area contributed by atoms with Crippen molar-refractivity contribution in [1.29, 1.82) is 0 Å². The third-order valence-electron chi connectivity index (χ3n) is 2.37. The van der Waals surface area contributed by atoms with Gasteiger partial charge in [0.1, 0.15) is 0 Å². The summed E-state index contributed by atoms with van der Waals surface area (Å²) in [4.78, 5) is 0. The van der Waals surface area contributed by atoms with Crippen LogP contribution in [-0.2, 0) is 6.42 Å². The molecule has 0 saturated heterocycles. The Morgan fingerprint density at radius 3 is 3.45 bits per heavy atom. The van der Waals surface area contributed by atoms with Gasteiger partial charge in [-0.1, -0.05) is 0 Å². The molecule has 0 fully saturated rings. The molecular formula is C8H13N3. The van der Waals surface area contributed by atoms with Crippen LogP contribution in [0.5, 0.6) is 0 Å². The highest BCUT2D eigenvalue weighted by atomic mass is 15.1. The van der Waals surface area contributed by atoms with E-state index >= 15 is 0 Å². The quantitative estimate of drug-likeness (QED) is 0.628. The van der Waals surface area contributed by atoms with Crippen LogP contribution in [0, 0.1) is 0 Å². The van der Waals surface area contributed by atoms with Crippen LogP contribution in [0.15, 0.2) is 6.20 Å². The number of rotatable bonds is 1. The Morgan fingerprint density at radius 2 is 2.64 bits per heavy atom. The molecular weight excluding hydrogens is 138 g/mol. The summed E-state index contributed by atoms with van der Waals surface area (Å²) in [5, 5.41) is 10.4. The van der Waals surface area contributed by atoms with E-state index in [0.717, 1.165) is 0 Å². The van der Waals surface area contributed by atoms with E-state index in [2.05, 4.69) is 15.5 Å². The molecule has 3 nitrogen and oxygen atoms in total. The molecule has 1 aromatic heterocycles. The van der Waals surface area contributed by atoms with Crippen LogP contribution >= 0.6 is 0 Å². The Morgan fingerprint density at radius 1 is 1.73 bits per heavy atom. The smallest absolute Gasteiger partial charge is 0.0823 e. The number of aryl methyl sites for hydroxylation is 1. The molecule has 0 spiro atoms. The van der Waals surface area contributed by atoms with Crippen molar-refractivity contribution >= 4 is 0 Å². The fraction of sp³-hybridized carbons (Fsp3) is 0.625. The van der Waals surface area contributed by atoms with Gasteiger partial charge in [-0.25, -0.2) is 0 Å². The van der Waals surface area contributed by atoms with E-state index in [0.29, 0.717) is 6.04 Å². The largest absolute Gasteiger partial charge is 0.312 e. The molecule has 1 heterocycles. The second-order valence-electron chi connectivity index (χ2n) is 3.03. The van der Waals surface area contributed by atoms with Gasteiger partial charge in [-0.2, -0.15) is 5.10 Å². The second-order valence-corrected chi connectivity index (χ2v) is 3.03. The van der Waals surface area contributed by atoms with Gasteiger partial charge in [-0.05, 0) is 31.9 Å². The van der Waals surface area contributed by atoms with E-state index in [-0.39, 0.29) is 0 Å². The van der Waals surface area contributed by atoms with E-state index in [4.69, 9.17) is 0 Å². The first-order valence-electron chi connectivity index (χ1n) is 4.11. The Hall–Kier alpha value is -0.830. The van der Waals surface area contributed by atoms with Crippen molar-refractivity contribution in [3.8, 4) is 0 Å². The van der Waals surface area contributed by atoms with Crippen molar-refractivity contribution in [2.45, 2.75) is 25.3 Å². The Balaban J connectivity index is 2.32. The van der Waals surface area contributed by atoms with Crippen LogP contribution in [0.1, 0.15) is 30.1 Å². The zero-order chi connectivity index (χ0) is 7.68. The van der Waals surface area contributed by atoms with Crippen molar-refractivity contribution in [3.63, 3.8) is 0 Å². The topological polar surface area (TPSA) is 40.7 Å². The molecule has 0 aromatic carbocycles. The van der Waals surface area contributed by atoms with Gasteiger partial charge in [0.2, 0.25) is 0 Å². The molecule has 1 aliphatic rings. The molecule has 1 atom stereocenters. The van der Waals surface area contributed by atoms with Crippen molar-refractivity contribution in [2.75, 3.05) is 7.05 Å². The number of nitrogens with zero attached hydrogens (tertiary/aromatic N) is 1. The normalized spacial score (nSPS) is 23.2. The fourth-order valence-electron chi connectivity index (χ4n) is 1.74. The summed E-state index contributed by atoms with van der Waals surface area (Å²) in [6, 6.07) is 0.477. The summed E-state index contributed by atoms with van der Waals surface area (Å²) in [6.45, 7) is 0. The number of aromatic nitrogens is 2. The van der Waals surface area contributed by atoms with Gasteiger partial charge in [-0.3, -0.25) is 5.10 Å². The van der Waals surface area contributed by atoms with Crippen molar-refractivity contribution in [1.82, 2.24) is 15.5 Å². The summed E-state index contributed by atoms with van der Waals surface area (Å²) >= 11 is 0. The summed E-state index contributed by atoms with van der Waals surface area (Å²) in [5.41, 5.74) is 2.61. The number of fused-ring (bicyclic) bond motifs is 1. The summed E-state index contributed by atoms with van der Waals surface area (Å²) in [7, 11) is 1.99. The molecule has 1 aromatic rings. The van der Waals surface area contributed by atoms with E-state index in [1.54, 1.807) is 0 Å². The monoisotopic (exact) mass is 151 g/mol.